The number of benzene rings is 1. The van der Waals surface area contributed by atoms with E-state index in [4.69, 9.17) is 4.74 Å². The van der Waals surface area contributed by atoms with Gasteiger partial charge >= 0.3 is 0 Å². The molecule has 0 heterocycles. The maximum absolute atomic E-state index is 12.8. The third kappa shape index (κ3) is 5.39. The van der Waals surface area contributed by atoms with Gasteiger partial charge in [-0.25, -0.2) is 8.78 Å². The van der Waals surface area contributed by atoms with E-state index in [2.05, 4.69) is 19.2 Å². The van der Waals surface area contributed by atoms with Gasteiger partial charge in [-0.3, -0.25) is 0 Å². The smallest absolute Gasteiger partial charge is 0.267 e. The predicted octanol–water partition coefficient (Wildman–Crippen LogP) is 4.68. The van der Waals surface area contributed by atoms with Gasteiger partial charge in [0.05, 0.1) is 12.7 Å². The van der Waals surface area contributed by atoms with Gasteiger partial charge in [0.25, 0.3) is 6.43 Å². The molecule has 0 spiro atoms. The topological polar surface area (TPSA) is 23.3 Å². The van der Waals surface area contributed by atoms with Crippen molar-refractivity contribution in [2.75, 3.05) is 20.2 Å². The van der Waals surface area contributed by atoms with Gasteiger partial charge < -0.3 is 10.1 Å². The highest BCUT2D eigenvalue weighted by atomic mass is 19.3. The summed E-state index contributed by atoms with van der Waals surface area (Å²) in [4.78, 5) is 0. The highest BCUT2D eigenvalue weighted by molar-refractivity contribution is 5.54. The van der Waals surface area contributed by atoms with Crippen molar-refractivity contribution >= 4 is 6.08 Å². The summed E-state index contributed by atoms with van der Waals surface area (Å²) in [5.74, 6) is 0.761. The number of hydrogen-bond donors (Lipinski definition) is 0. The Morgan fingerprint density at radius 1 is 1.32 bits per heavy atom. The third-order valence-corrected chi connectivity index (χ3v) is 2.53. The SMILES string of the molecule is COc1ccc(C=CC[N-]CC(C)C)cc1C(F)F. The molecule has 0 radical (unpaired) electrons. The first-order valence-corrected chi connectivity index (χ1v) is 6.30. The fourth-order valence-electron chi connectivity index (χ4n) is 1.62. The summed E-state index contributed by atoms with van der Waals surface area (Å²) in [5, 5.41) is 4.32. The zero-order valence-corrected chi connectivity index (χ0v) is 11.6. The van der Waals surface area contributed by atoms with Crippen molar-refractivity contribution in [1.82, 2.24) is 0 Å². The van der Waals surface area contributed by atoms with Crippen LogP contribution >= 0.6 is 0 Å². The first-order valence-electron chi connectivity index (χ1n) is 6.30. The number of nitrogens with zero attached hydrogens (tertiary/aromatic N) is 1. The van der Waals surface area contributed by atoms with Gasteiger partial charge in [-0.05, 0) is 17.7 Å². The largest absolute Gasteiger partial charge is 0.659 e. The molecule has 0 aliphatic carbocycles. The van der Waals surface area contributed by atoms with E-state index < -0.39 is 6.43 Å². The van der Waals surface area contributed by atoms with Crippen LogP contribution in [0.25, 0.3) is 11.4 Å². The first-order chi connectivity index (χ1) is 9.04. The van der Waals surface area contributed by atoms with Crippen LogP contribution in [0.3, 0.4) is 0 Å². The molecule has 0 aromatic heterocycles. The molecule has 0 aliphatic heterocycles. The molecule has 0 atom stereocenters. The number of rotatable bonds is 7. The second kappa shape index (κ2) is 7.89. The fraction of sp³-hybridized carbons (Fsp3) is 0.467. The van der Waals surface area contributed by atoms with Crippen LogP contribution in [0.15, 0.2) is 24.3 Å². The first kappa shape index (κ1) is 15.6. The Hall–Kier alpha value is -1.42. The minimum absolute atomic E-state index is 0.0798. The monoisotopic (exact) mass is 268 g/mol. The van der Waals surface area contributed by atoms with Crippen LogP contribution in [0.2, 0.25) is 0 Å². The van der Waals surface area contributed by atoms with Gasteiger partial charge in [0, 0.05) is 0 Å². The highest BCUT2D eigenvalue weighted by Crippen LogP contribution is 2.30. The molecule has 0 bridgehead atoms. The molecule has 0 fully saturated rings. The Bertz CT molecular complexity index is 417. The quantitative estimate of drug-likeness (QED) is 0.659. The van der Waals surface area contributed by atoms with E-state index in [0.717, 1.165) is 12.1 Å². The number of ether oxygens (including phenoxy) is 1. The van der Waals surface area contributed by atoms with Gasteiger partial charge in [0.2, 0.25) is 0 Å². The lowest BCUT2D eigenvalue weighted by Gasteiger charge is -2.18. The average Bonchev–Trinajstić information content (AvgIpc) is 2.37. The minimum Gasteiger partial charge on any atom is -0.659 e. The van der Waals surface area contributed by atoms with E-state index in [9.17, 15) is 8.78 Å². The van der Waals surface area contributed by atoms with Crippen molar-refractivity contribution in [3.05, 3.63) is 40.7 Å². The Morgan fingerprint density at radius 3 is 2.63 bits per heavy atom. The summed E-state index contributed by atoms with van der Waals surface area (Å²) in [6, 6.07) is 4.76. The van der Waals surface area contributed by atoms with Crippen molar-refractivity contribution in [3.63, 3.8) is 0 Å². The van der Waals surface area contributed by atoms with Crippen LogP contribution in [-0.2, 0) is 0 Å². The maximum atomic E-state index is 12.8. The Kier molecular flexibility index (Phi) is 6.50. The van der Waals surface area contributed by atoms with Crippen LogP contribution in [-0.4, -0.2) is 20.2 Å². The summed E-state index contributed by atoms with van der Waals surface area (Å²) in [5.41, 5.74) is 0.652. The lowest BCUT2D eigenvalue weighted by atomic mass is 10.1. The molecule has 0 saturated heterocycles. The summed E-state index contributed by atoms with van der Waals surface area (Å²) < 4.78 is 30.5. The van der Waals surface area contributed by atoms with Crippen molar-refractivity contribution in [3.8, 4) is 5.75 Å². The van der Waals surface area contributed by atoms with E-state index in [1.165, 1.54) is 13.2 Å². The molecule has 19 heavy (non-hydrogen) atoms. The molecule has 0 unspecified atom stereocenters. The molecule has 1 aromatic rings. The molecular formula is C15H20F2NO-. The normalized spacial score (nSPS) is 11.7. The van der Waals surface area contributed by atoms with Gasteiger partial charge in [-0.1, -0.05) is 31.9 Å². The third-order valence-electron chi connectivity index (χ3n) is 2.53. The summed E-state index contributed by atoms with van der Waals surface area (Å²) in [7, 11) is 1.39. The van der Waals surface area contributed by atoms with E-state index in [-0.39, 0.29) is 11.3 Å². The van der Waals surface area contributed by atoms with Crippen LogP contribution in [0.1, 0.15) is 31.4 Å². The van der Waals surface area contributed by atoms with Gasteiger partial charge in [-0.2, -0.15) is 0 Å². The van der Waals surface area contributed by atoms with E-state index >= 15 is 0 Å². The maximum Gasteiger partial charge on any atom is 0.267 e. The molecule has 0 N–H and O–H groups in total. The molecule has 1 rings (SSSR count). The molecule has 4 heteroatoms. The fourth-order valence-corrected chi connectivity index (χ4v) is 1.62. The molecule has 0 aliphatic rings. The summed E-state index contributed by atoms with van der Waals surface area (Å²) in [6.07, 6.45) is 1.14. The Balaban J connectivity index is 2.64. The van der Waals surface area contributed by atoms with Gasteiger partial charge in [-0.15, -0.1) is 19.2 Å². The van der Waals surface area contributed by atoms with E-state index in [1.54, 1.807) is 18.2 Å². The Morgan fingerprint density at radius 2 is 2.05 bits per heavy atom. The number of methoxy groups -OCH3 is 1. The molecule has 1 aromatic carbocycles. The lowest BCUT2D eigenvalue weighted by molar-refractivity contribution is 0.147. The van der Waals surface area contributed by atoms with Gasteiger partial charge in [0.15, 0.2) is 0 Å². The average molecular weight is 268 g/mol. The highest BCUT2D eigenvalue weighted by Gasteiger charge is 2.13. The molecule has 0 amide bonds. The van der Waals surface area contributed by atoms with Crippen molar-refractivity contribution < 1.29 is 13.5 Å². The number of alkyl halides is 2. The molecule has 106 valence electrons. The lowest BCUT2D eigenvalue weighted by Crippen LogP contribution is -1.95. The van der Waals surface area contributed by atoms with Crippen LogP contribution in [0, 0.1) is 5.92 Å². The predicted molar refractivity (Wildman–Crippen MR) is 74.9 cm³/mol. The van der Waals surface area contributed by atoms with Crippen LogP contribution < -0.4 is 4.74 Å². The molecular weight excluding hydrogens is 248 g/mol. The summed E-state index contributed by atoms with van der Waals surface area (Å²) >= 11 is 0. The van der Waals surface area contributed by atoms with Gasteiger partial charge in [0.1, 0.15) is 5.75 Å². The van der Waals surface area contributed by atoms with Crippen molar-refractivity contribution in [2.24, 2.45) is 5.92 Å². The molecule has 0 saturated carbocycles. The number of halogens is 2. The van der Waals surface area contributed by atoms with Crippen molar-refractivity contribution in [2.45, 2.75) is 20.3 Å². The van der Waals surface area contributed by atoms with E-state index in [1.807, 2.05) is 6.08 Å². The second-order valence-electron chi connectivity index (χ2n) is 4.69. The Labute approximate surface area is 113 Å². The molecule has 2 nitrogen and oxygen atoms in total. The minimum atomic E-state index is -2.53. The standard InChI is InChI=1S/C15H20F2NO/c1-11(2)10-18-8-4-5-12-6-7-14(19-3)13(9-12)15(16)17/h4-7,9,11,15H,8,10H2,1-3H3/q-1. The van der Waals surface area contributed by atoms with E-state index in [0.29, 0.717) is 12.5 Å². The van der Waals surface area contributed by atoms with Crippen molar-refractivity contribution in [1.29, 1.82) is 0 Å². The summed E-state index contributed by atoms with van der Waals surface area (Å²) in [6.45, 7) is 5.63. The van der Waals surface area contributed by atoms with Crippen LogP contribution in [0.4, 0.5) is 8.78 Å². The van der Waals surface area contributed by atoms with Crippen LogP contribution in [0.5, 0.6) is 5.75 Å². The second-order valence-corrected chi connectivity index (χ2v) is 4.69. The zero-order valence-electron chi connectivity index (χ0n) is 11.6. The zero-order chi connectivity index (χ0) is 14.3. The number of hydrogen-bond acceptors (Lipinski definition) is 1.